The van der Waals surface area contributed by atoms with Gasteiger partial charge in [0.2, 0.25) is 0 Å². The van der Waals surface area contributed by atoms with Crippen LogP contribution in [0.5, 0.6) is 0 Å². The topological polar surface area (TPSA) is 71.1 Å². The minimum absolute atomic E-state index is 0.0856. The van der Waals surface area contributed by atoms with Crippen LogP contribution in [0.3, 0.4) is 0 Å². The van der Waals surface area contributed by atoms with Crippen molar-refractivity contribution < 1.29 is 9.59 Å². The average Bonchev–Trinajstić information content (AvgIpc) is 2.69. The van der Waals surface area contributed by atoms with Crippen molar-refractivity contribution in [1.82, 2.24) is 10.3 Å². The minimum Gasteiger partial charge on any atom is -0.362 e. The molecule has 1 aliphatic carbocycles. The molecule has 154 valence electrons. The molecular weight excluding hydrogens is 398 g/mol. The van der Waals surface area contributed by atoms with Crippen LogP contribution in [0.25, 0.3) is 0 Å². The number of hydrogen-bond acceptors (Lipinski definition) is 4. The third-order valence-electron chi connectivity index (χ3n) is 5.63. The first kappa shape index (κ1) is 20.4. The van der Waals surface area contributed by atoms with E-state index in [1.807, 2.05) is 32.0 Å². The van der Waals surface area contributed by atoms with E-state index >= 15 is 0 Å². The molecule has 2 N–H and O–H groups in total. The second-order valence-corrected chi connectivity index (χ2v) is 8.59. The van der Waals surface area contributed by atoms with Gasteiger partial charge in [0.15, 0.2) is 5.78 Å². The number of carbonyl (C=O) groups is 2. The van der Waals surface area contributed by atoms with Gasteiger partial charge in [0.05, 0.1) is 0 Å². The number of dihydropyridines is 1. The number of Topliss-reactive ketones (excluding diaryl/α,β-unsaturated/α-hetero) is 1. The SMILES string of the molecule is CC1=C(C(=O)Nc2ccc(C)cn2)C(c2ccc(Cl)cc2)C2=C(CC(C)CC2=O)N1. The van der Waals surface area contributed by atoms with E-state index in [9.17, 15) is 9.59 Å². The highest BCUT2D eigenvalue weighted by Gasteiger charge is 2.39. The molecule has 0 bridgehead atoms. The number of allylic oxidation sites excluding steroid dienone is 3. The van der Waals surface area contributed by atoms with Gasteiger partial charge >= 0.3 is 0 Å². The van der Waals surface area contributed by atoms with E-state index in [4.69, 9.17) is 11.6 Å². The zero-order chi connectivity index (χ0) is 21.4. The Morgan fingerprint density at radius 2 is 1.87 bits per heavy atom. The van der Waals surface area contributed by atoms with Crippen LogP contribution in [-0.4, -0.2) is 16.7 Å². The Hall–Kier alpha value is -2.92. The maximum absolute atomic E-state index is 13.4. The van der Waals surface area contributed by atoms with E-state index in [1.165, 1.54) is 0 Å². The number of rotatable bonds is 3. The van der Waals surface area contributed by atoms with Crippen LogP contribution >= 0.6 is 11.6 Å². The zero-order valence-electron chi connectivity index (χ0n) is 17.3. The lowest BCUT2D eigenvalue weighted by molar-refractivity contribution is -0.117. The molecule has 1 aromatic carbocycles. The Morgan fingerprint density at radius 1 is 1.13 bits per heavy atom. The molecule has 0 saturated carbocycles. The van der Waals surface area contributed by atoms with Crippen molar-refractivity contribution in [3.8, 4) is 0 Å². The largest absolute Gasteiger partial charge is 0.362 e. The number of anilines is 1. The number of halogens is 1. The predicted molar refractivity (Wildman–Crippen MR) is 118 cm³/mol. The first-order valence-electron chi connectivity index (χ1n) is 10.1. The highest BCUT2D eigenvalue weighted by Crippen LogP contribution is 2.43. The summed E-state index contributed by atoms with van der Waals surface area (Å²) in [5.74, 6) is 0.124. The lowest BCUT2D eigenvalue weighted by Gasteiger charge is -2.36. The maximum atomic E-state index is 13.4. The summed E-state index contributed by atoms with van der Waals surface area (Å²) in [5, 5.41) is 6.85. The lowest BCUT2D eigenvalue weighted by atomic mass is 9.73. The monoisotopic (exact) mass is 421 g/mol. The minimum atomic E-state index is -0.441. The molecule has 0 saturated heterocycles. The van der Waals surface area contributed by atoms with Gasteiger partial charge in [-0.25, -0.2) is 4.98 Å². The quantitative estimate of drug-likeness (QED) is 0.739. The molecule has 6 heteroatoms. The number of hydrogen-bond donors (Lipinski definition) is 2. The van der Waals surface area contributed by atoms with Gasteiger partial charge in [0.25, 0.3) is 5.91 Å². The number of nitrogens with one attached hydrogen (secondary N) is 2. The first-order valence-corrected chi connectivity index (χ1v) is 10.4. The summed E-state index contributed by atoms with van der Waals surface area (Å²) in [5.41, 5.74) is 4.77. The van der Waals surface area contributed by atoms with Gasteiger partial charge in [-0.15, -0.1) is 0 Å². The molecule has 0 radical (unpaired) electrons. The molecule has 1 aromatic heterocycles. The van der Waals surface area contributed by atoms with Crippen molar-refractivity contribution >= 4 is 29.1 Å². The van der Waals surface area contributed by atoms with Crippen molar-refractivity contribution in [3.63, 3.8) is 0 Å². The van der Waals surface area contributed by atoms with Crippen LogP contribution in [0.4, 0.5) is 5.82 Å². The summed E-state index contributed by atoms with van der Waals surface area (Å²) < 4.78 is 0. The number of benzene rings is 1. The van der Waals surface area contributed by atoms with Gasteiger partial charge in [-0.1, -0.05) is 36.7 Å². The third-order valence-corrected chi connectivity index (χ3v) is 5.88. The number of carbonyl (C=O) groups excluding carboxylic acids is 2. The molecule has 0 fully saturated rings. The van der Waals surface area contributed by atoms with E-state index < -0.39 is 5.92 Å². The van der Waals surface area contributed by atoms with Crippen LogP contribution < -0.4 is 10.6 Å². The summed E-state index contributed by atoms with van der Waals surface area (Å²) in [6, 6.07) is 11.0. The second-order valence-electron chi connectivity index (χ2n) is 8.15. The van der Waals surface area contributed by atoms with Crippen molar-refractivity contribution in [1.29, 1.82) is 0 Å². The number of ketones is 1. The van der Waals surface area contributed by atoms with Crippen LogP contribution in [-0.2, 0) is 9.59 Å². The molecule has 1 aliphatic heterocycles. The summed E-state index contributed by atoms with van der Waals surface area (Å²) in [6.07, 6.45) is 2.98. The number of pyridine rings is 1. The summed E-state index contributed by atoms with van der Waals surface area (Å²) in [7, 11) is 0. The van der Waals surface area contributed by atoms with Gasteiger partial charge < -0.3 is 10.6 Å². The fraction of sp³-hybridized carbons (Fsp3) is 0.292. The zero-order valence-corrected chi connectivity index (χ0v) is 18.0. The Kier molecular flexibility index (Phi) is 5.48. The Balaban J connectivity index is 1.78. The second kappa shape index (κ2) is 8.07. The first-order chi connectivity index (χ1) is 14.3. The number of amides is 1. The average molecular weight is 422 g/mol. The normalized spacial score (nSPS) is 21.3. The van der Waals surface area contributed by atoms with Crippen molar-refractivity contribution in [3.05, 3.63) is 81.3 Å². The lowest BCUT2D eigenvalue weighted by Crippen LogP contribution is -2.37. The molecule has 2 aliphatic rings. The molecular formula is C24H24ClN3O2. The third kappa shape index (κ3) is 3.90. The van der Waals surface area contributed by atoms with Crippen molar-refractivity contribution in [2.24, 2.45) is 5.92 Å². The molecule has 2 aromatic rings. The molecule has 4 rings (SSSR count). The molecule has 2 atom stereocenters. The molecule has 2 unspecified atom stereocenters. The smallest absolute Gasteiger partial charge is 0.255 e. The highest BCUT2D eigenvalue weighted by atomic mass is 35.5. The summed E-state index contributed by atoms with van der Waals surface area (Å²) in [4.78, 5) is 30.7. The molecule has 1 amide bonds. The predicted octanol–water partition coefficient (Wildman–Crippen LogP) is 4.90. The van der Waals surface area contributed by atoms with Gasteiger partial charge in [-0.3, -0.25) is 9.59 Å². The molecule has 5 nitrogen and oxygen atoms in total. The van der Waals surface area contributed by atoms with E-state index in [1.54, 1.807) is 24.4 Å². The van der Waals surface area contributed by atoms with Crippen molar-refractivity contribution in [2.75, 3.05) is 5.32 Å². The highest BCUT2D eigenvalue weighted by molar-refractivity contribution is 6.30. The van der Waals surface area contributed by atoms with Gasteiger partial charge in [-0.2, -0.15) is 0 Å². The Labute approximate surface area is 181 Å². The fourth-order valence-electron chi connectivity index (χ4n) is 4.25. The Morgan fingerprint density at radius 3 is 2.53 bits per heavy atom. The number of nitrogens with zero attached hydrogens (tertiary/aromatic N) is 1. The molecule has 30 heavy (non-hydrogen) atoms. The van der Waals surface area contributed by atoms with E-state index in [2.05, 4.69) is 22.5 Å². The van der Waals surface area contributed by atoms with E-state index in [0.29, 0.717) is 28.4 Å². The number of aromatic nitrogens is 1. The van der Waals surface area contributed by atoms with Crippen LogP contribution in [0.1, 0.15) is 43.7 Å². The molecule has 0 spiro atoms. The van der Waals surface area contributed by atoms with E-state index in [0.717, 1.165) is 28.9 Å². The summed E-state index contributed by atoms with van der Waals surface area (Å²) >= 11 is 6.09. The number of aryl methyl sites for hydroxylation is 1. The summed E-state index contributed by atoms with van der Waals surface area (Å²) in [6.45, 7) is 5.90. The van der Waals surface area contributed by atoms with E-state index in [-0.39, 0.29) is 17.6 Å². The van der Waals surface area contributed by atoms with Crippen LogP contribution in [0.2, 0.25) is 5.02 Å². The van der Waals surface area contributed by atoms with Crippen LogP contribution in [0, 0.1) is 12.8 Å². The van der Waals surface area contributed by atoms with Gasteiger partial charge in [0, 0.05) is 46.1 Å². The Bertz CT molecular complexity index is 1070. The standard InChI is InChI=1S/C24H24ClN3O2/c1-13-4-9-20(26-12-13)28-24(30)21-15(3)27-18-10-14(2)11-19(29)23(18)22(21)16-5-7-17(25)8-6-16/h4-9,12,14,22,27H,10-11H2,1-3H3,(H,26,28,30). The van der Waals surface area contributed by atoms with Crippen molar-refractivity contribution in [2.45, 2.75) is 39.5 Å². The van der Waals surface area contributed by atoms with Gasteiger partial charge in [0.1, 0.15) is 5.82 Å². The van der Waals surface area contributed by atoms with Crippen LogP contribution in [0.15, 0.2) is 65.1 Å². The van der Waals surface area contributed by atoms with Gasteiger partial charge in [-0.05, 0) is 55.5 Å². The molecule has 2 heterocycles. The maximum Gasteiger partial charge on any atom is 0.255 e. The fourth-order valence-corrected chi connectivity index (χ4v) is 4.37.